The summed E-state index contributed by atoms with van der Waals surface area (Å²) in [5.74, 6) is 1.14. The van der Waals surface area contributed by atoms with E-state index in [0.29, 0.717) is 23.2 Å². The average Bonchev–Trinajstić information content (AvgIpc) is 3.41. The van der Waals surface area contributed by atoms with Gasteiger partial charge >= 0.3 is 0 Å². The molecule has 2 heterocycles. The summed E-state index contributed by atoms with van der Waals surface area (Å²) in [7, 11) is 1.62. The highest BCUT2D eigenvalue weighted by atomic mass is 32.2. The molecule has 1 atom stereocenters. The number of hydrogen-bond acceptors (Lipinski definition) is 6. The minimum Gasteiger partial charge on any atom is -0.494 e. The predicted molar refractivity (Wildman–Crippen MR) is 122 cm³/mol. The summed E-state index contributed by atoms with van der Waals surface area (Å²) < 4.78 is 9.24. The number of aliphatic hydroxyl groups is 1. The fourth-order valence-electron chi connectivity index (χ4n) is 3.86. The van der Waals surface area contributed by atoms with Crippen molar-refractivity contribution in [1.82, 2.24) is 24.8 Å². The van der Waals surface area contributed by atoms with Gasteiger partial charge in [0.2, 0.25) is 5.16 Å². The van der Waals surface area contributed by atoms with Crippen molar-refractivity contribution in [3.63, 3.8) is 0 Å². The molecule has 3 aromatic carbocycles. The van der Waals surface area contributed by atoms with E-state index >= 15 is 0 Å². The molecule has 0 saturated heterocycles. The van der Waals surface area contributed by atoms with Gasteiger partial charge in [-0.05, 0) is 34.7 Å². The molecule has 0 aliphatic rings. The highest BCUT2D eigenvalue weighted by molar-refractivity contribution is 7.99. The molecule has 0 spiro atoms. The molecule has 5 rings (SSSR count). The summed E-state index contributed by atoms with van der Waals surface area (Å²) in [4.78, 5) is 0. The Morgan fingerprint density at radius 1 is 0.935 bits per heavy atom. The summed E-state index contributed by atoms with van der Waals surface area (Å²) in [6, 6.07) is 24.1. The number of hydrogen-bond donors (Lipinski definition) is 1. The number of ether oxygens (including phenoxy) is 1. The van der Waals surface area contributed by atoms with Crippen LogP contribution in [0.25, 0.3) is 27.5 Å². The quantitative estimate of drug-likeness (QED) is 0.394. The van der Waals surface area contributed by atoms with Crippen molar-refractivity contribution in [2.45, 2.75) is 17.8 Å². The number of para-hydroxylation sites is 4. The van der Waals surface area contributed by atoms with Crippen LogP contribution in [0, 0.1) is 0 Å². The number of nitrogens with zero attached hydrogens (tertiary/aromatic N) is 5. The van der Waals surface area contributed by atoms with Crippen molar-refractivity contribution in [3.05, 3.63) is 72.8 Å². The number of tetrazole rings is 1. The number of aromatic nitrogens is 5. The normalized spacial score (nSPS) is 12.5. The van der Waals surface area contributed by atoms with E-state index in [1.165, 1.54) is 22.5 Å². The van der Waals surface area contributed by atoms with Gasteiger partial charge in [0.15, 0.2) is 0 Å². The fraction of sp³-hybridized carbons (Fsp3) is 0.174. The monoisotopic (exact) mass is 431 g/mol. The highest BCUT2D eigenvalue weighted by Crippen LogP contribution is 2.30. The van der Waals surface area contributed by atoms with Crippen molar-refractivity contribution < 1.29 is 9.84 Å². The molecule has 0 bridgehead atoms. The highest BCUT2D eigenvalue weighted by Gasteiger charge is 2.17. The molecular weight excluding hydrogens is 410 g/mol. The summed E-state index contributed by atoms with van der Waals surface area (Å²) in [5, 5.41) is 25.9. The Morgan fingerprint density at radius 3 is 2.29 bits per heavy atom. The van der Waals surface area contributed by atoms with Gasteiger partial charge in [-0.25, -0.2) is 0 Å². The number of rotatable bonds is 7. The number of aliphatic hydroxyl groups excluding tert-OH is 1. The minimum atomic E-state index is -0.577. The van der Waals surface area contributed by atoms with E-state index in [-0.39, 0.29) is 0 Å². The van der Waals surface area contributed by atoms with Gasteiger partial charge in [0, 0.05) is 27.6 Å². The van der Waals surface area contributed by atoms with Gasteiger partial charge in [0.05, 0.1) is 19.8 Å². The third kappa shape index (κ3) is 3.64. The summed E-state index contributed by atoms with van der Waals surface area (Å²) >= 11 is 1.42. The fourth-order valence-corrected chi connectivity index (χ4v) is 4.66. The molecule has 5 aromatic rings. The van der Waals surface area contributed by atoms with Crippen molar-refractivity contribution in [3.8, 4) is 11.4 Å². The Labute approximate surface area is 183 Å². The maximum absolute atomic E-state index is 10.9. The Hall–Kier alpha value is -3.36. The van der Waals surface area contributed by atoms with Crippen LogP contribution in [0.1, 0.15) is 0 Å². The number of thioether (sulfide) groups is 1. The number of fused-ring (bicyclic) bond motifs is 3. The van der Waals surface area contributed by atoms with E-state index in [0.717, 1.165) is 16.7 Å². The SMILES string of the molecule is COc1ccccc1-n1nnnc1SC[C@@H](O)Cn1c2ccccc2c2ccccc21. The lowest BCUT2D eigenvalue weighted by Gasteiger charge is -2.14. The number of methoxy groups -OCH3 is 1. The average molecular weight is 432 g/mol. The standard InChI is InChI=1S/C23H21N5O2S/c1-30-22-13-7-6-12-21(22)28-23(24-25-26-28)31-15-16(29)14-27-19-10-4-2-8-17(19)18-9-3-5-11-20(18)27/h2-13,16,29H,14-15H2,1H3/t16-/m0/s1. The Morgan fingerprint density at radius 2 is 1.58 bits per heavy atom. The van der Waals surface area contributed by atoms with Crippen LogP contribution in [0.2, 0.25) is 0 Å². The van der Waals surface area contributed by atoms with Gasteiger partial charge < -0.3 is 14.4 Å². The van der Waals surface area contributed by atoms with Gasteiger partial charge in [-0.2, -0.15) is 4.68 Å². The van der Waals surface area contributed by atoms with Crippen molar-refractivity contribution in [1.29, 1.82) is 0 Å². The third-order valence-corrected chi connectivity index (χ3v) is 6.30. The molecule has 1 N–H and O–H groups in total. The lowest BCUT2D eigenvalue weighted by Crippen LogP contribution is -2.18. The molecule has 31 heavy (non-hydrogen) atoms. The second-order valence-corrected chi connectivity index (χ2v) is 8.14. The van der Waals surface area contributed by atoms with Crippen LogP contribution < -0.4 is 4.74 Å². The molecule has 156 valence electrons. The molecule has 0 aliphatic carbocycles. The van der Waals surface area contributed by atoms with Gasteiger partial charge in [-0.1, -0.05) is 60.3 Å². The van der Waals surface area contributed by atoms with E-state index in [1.54, 1.807) is 11.8 Å². The molecule has 0 unspecified atom stereocenters. The van der Waals surface area contributed by atoms with Crippen LogP contribution in [0.15, 0.2) is 78.0 Å². The van der Waals surface area contributed by atoms with E-state index in [9.17, 15) is 5.11 Å². The smallest absolute Gasteiger partial charge is 0.214 e. The largest absolute Gasteiger partial charge is 0.494 e. The Bertz CT molecular complexity index is 1290. The maximum Gasteiger partial charge on any atom is 0.214 e. The zero-order chi connectivity index (χ0) is 21.2. The first-order valence-corrected chi connectivity index (χ1v) is 10.9. The van der Waals surface area contributed by atoms with Crippen LogP contribution in [0.4, 0.5) is 0 Å². The van der Waals surface area contributed by atoms with Crippen molar-refractivity contribution in [2.75, 3.05) is 12.9 Å². The summed E-state index contributed by atoms with van der Waals surface area (Å²) in [6.45, 7) is 0.483. The molecule has 0 fully saturated rings. The molecule has 0 saturated carbocycles. The molecule has 2 aromatic heterocycles. The van der Waals surface area contributed by atoms with Gasteiger partial charge in [0.25, 0.3) is 0 Å². The lowest BCUT2D eigenvalue weighted by atomic mass is 10.2. The minimum absolute atomic E-state index is 0.455. The Kier molecular flexibility index (Phi) is 5.31. The zero-order valence-corrected chi connectivity index (χ0v) is 17.7. The molecule has 0 radical (unpaired) electrons. The van der Waals surface area contributed by atoms with Crippen LogP contribution in [-0.2, 0) is 6.54 Å². The van der Waals surface area contributed by atoms with Crippen molar-refractivity contribution >= 4 is 33.6 Å². The molecule has 7 nitrogen and oxygen atoms in total. The van der Waals surface area contributed by atoms with E-state index in [2.05, 4.69) is 44.4 Å². The van der Waals surface area contributed by atoms with E-state index in [4.69, 9.17) is 4.74 Å². The lowest BCUT2D eigenvalue weighted by molar-refractivity contribution is 0.181. The van der Waals surface area contributed by atoms with Crippen molar-refractivity contribution in [2.24, 2.45) is 0 Å². The van der Waals surface area contributed by atoms with E-state index in [1.807, 2.05) is 48.5 Å². The van der Waals surface area contributed by atoms with Crippen LogP contribution >= 0.6 is 11.8 Å². The first-order chi connectivity index (χ1) is 15.3. The van der Waals surface area contributed by atoms with Gasteiger partial charge in [-0.15, -0.1) is 5.10 Å². The second-order valence-electron chi connectivity index (χ2n) is 7.15. The Balaban J connectivity index is 1.37. The van der Waals surface area contributed by atoms with Crippen LogP contribution in [-0.4, -0.2) is 48.8 Å². The third-order valence-electron chi connectivity index (χ3n) is 5.23. The van der Waals surface area contributed by atoms with E-state index < -0.39 is 6.10 Å². The second kappa shape index (κ2) is 8.41. The summed E-state index contributed by atoms with van der Waals surface area (Å²) in [6.07, 6.45) is -0.577. The topological polar surface area (TPSA) is 78.0 Å². The summed E-state index contributed by atoms with van der Waals surface area (Å²) in [5.41, 5.74) is 2.99. The molecule has 0 amide bonds. The number of benzene rings is 3. The maximum atomic E-state index is 10.9. The molecular formula is C23H21N5O2S. The zero-order valence-electron chi connectivity index (χ0n) is 16.9. The van der Waals surface area contributed by atoms with Gasteiger partial charge in [0.1, 0.15) is 11.4 Å². The van der Waals surface area contributed by atoms with Crippen LogP contribution in [0.5, 0.6) is 5.75 Å². The molecule has 0 aliphatic heterocycles. The first-order valence-electron chi connectivity index (χ1n) is 9.95. The predicted octanol–water partition coefficient (Wildman–Crippen LogP) is 3.93. The first kappa shape index (κ1) is 19.6. The molecule has 8 heteroatoms. The van der Waals surface area contributed by atoms with Gasteiger partial charge in [-0.3, -0.25) is 0 Å². The van der Waals surface area contributed by atoms with Crippen LogP contribution in [0.3, 0.4) is 0 Å².